The first-order valence-corrected chi connectivity index (χ1v) is 9.51. The zero-order valence-corrected chi connectivity index (χ0v) is 15.6. The highest BCUT2D eigenvalue weighted by molar-refractivity contribution is 7.99. The molecule has 0 bridgehead atoms. The van der Waals surface area contributed by atoms with Crippen LogP contribution in [0.1, 0.15) is 17.4 Å². The second kappa shape index (κ2) is 9.14. The summed E-state index contributed by atoms with van der Waals surface area (Å²) in [6, 6.07) is 19.2. The van der Waals surface area contributed by atoms with Gasteiger partial charge in [-0.15, -0.1) is 11.8 Å². The maximum atomic E-state index is 12.3. The lowest BCUT2D eigenvalue weighted by Gasteiger charge is -2.14. The number of benzene rings is 2. The first kappa shape index (κ1) is 19.6. The van der Waals surface area contributed by atoms with Crippen LogP contribution in [-0.4, -0.2) is 21.9 Å². The van der Waals surface area contributed by atoms with Crippen LogP contribution in [0.2, 0.25) is 0 Å². The number of carbonyl (C=O) groups is 1. The van der Waals surface area contributed by atoms with E-state index in [1.54, 1.807) is 30.3 Å². The Morgan fingerprint density at radius 1 is 1.07 bits per heavy atom. The minimum Gasteiger partial charge on any atom is -0.506 e. The SMILES string of the molecule is O=C(O)C(Oc1ccccc1)c1cc(O)c(SCCc2ccccc2)c(=O)o1. The number of carboxylic acid groups (broad SMARTS) is 1. The number of para-hydroxylation sites is 1. The minimum atomic E-state index is -1.55. The van der Waals surface area contributed by atoms with E-state index in [9.17, 15) is 19.8 Å². The fourth-order valence-corrected chi connectivity index (χ4v) is 3.44. The number of ether oxygens (including phenoxy) is 1. The van der Waals surface area contributed by atoms with E-state index in [0.717, 1.165) is 23.4 Å². The summed E-state index contributed by atoms with van der Waals surface area (Å²) in [5.74, 6) is -1.07. The highest BCUT2D eigenvalue weighted by atomic mass is 32.2. The average Bonchev–Trinajstić information content (AvgIpc) is 2.69. The monoisotopic (exact) mass is 398 g/mol. The van der Waals surface area contributed by atoms with Crippen LogP contribution in [0.15, 0.2) is 80.8 Å². The first-order valence-electron chi connectivity index (χ1n) is 8.53. The molecule has 0 saturated heterocycles. The molecule has 3 rings (SSSR count). The number of hydrogen-bond acceptors (Lipinski definition) is 6. The van der Waals surface area contributed by atoms with E-state index in [-0.39, 0.29) is 16.4 Å². The molecule has 6 nitrogen and oxygen atoms in total. The van der Waals surface area contributed by atoms with Gasteiger partial charge in [0.1, 0.15) is 16.4 Å². The van der Waals surface area contributed by atoms with Gasteiger partial charge >= 0.3 is 11.6 Å². The van der Waals surface area contributed by atoms with E-state index in [0.29, 0.717) is 17.9 Å². The molecule has 0 aliphatic heterocycles. The fraction of sp³-hybridized carbons (Fsp3) is 0.143. The smallest absolute Gasteiger partial charge is 0.353 e. The van der Waals surface area contributed by atoms with Crippen LogP contribution < -0.4 is 10.4 Å². The molecule has 0 spiro atoms. The van der Waals surface area contributed by atoms with Gasteiger partial charge in [0.15, 0.2) is 5.76 Å². The highest BCUT2D eigenvalue weighted by Gasteiger charge is 2.27. The van der Waals surface area contributed by atoms with Gasteiger partial charge in [0.25, 0.3) is 6.10 Å². The Hall–Kier alpha value is -3.19. The average molecular weight is 398 g/mol. The summed E-state index contributed by atoms with van der Waals surface area (Å²) < 4.78 is 10.5. The molecule has 1 heterocycles. The van der Waals surface area contributed by atoms with Crippen LogP contribution in [0.5, 0.6) is 11.5 Å². The standard InChI is InChI=1S/C21H18O6S/c22-16-13-17(18(20(23)24)26-15-9-5-2-6-10-15)27-21(25)19(16)28-12-11-14-7-3-1-4-8-14/h1-10,13,18,22H,11-12H2,(H,23,24). The Morgan fingerprint density at radius 2 is 1.71 bits per heavy atom. The predicted octanol–water partition coefficient (Wildman–Crippen LogP) is 3.88. The van der Waals surface area contributed by atoms with E-state index >= 15 is 0 Å². The number of rotatable bonds is 8. The minimum absolute atomic E-state index is 0.0449. The Balaban J connectivity index is 1.75. The van der Waals surface area contributed by atoms with Gasteiger partial charge < -0.3 is 19.4 Å². The number of aliphatic carboxylic acids is 1. The van der Waals surface area contributed by atoms with Gasteiger partial charge in [0.05, 0.1) is 0 Å². The van der Waals surface area contributed by atoms with Gasteiger partial charge in [0, 0.05) is 11.8 Å². The molecule has 0 radical (unpaired) electrons. The summed E-state index contributed by atoms with van der Waals surface area (Å²) in [6.45, 7) is 0. The summed E-state index contributed by atoms with van der Waals surface area (Å²) in [6.07, 6.45) is -0.842. The van der Waals surface area contributed by atoms with Gasteiger partial charge in [-0.1, -0.05) is 48.5 Å². The molecular formula is C21H18O6S. The lowest BCUT2D eigenvalue weighted by molar-refractivity contribution is -0.146. The number of hydrogen-bond donors (Lipinski definition) is 2. The molecule has 2 aromatic carbocycles. The molecular weight excluding hydrogens is 380 g/mol. The number of thioether (sulfide) groups is 1. The summed E-state index contributed by atoms with van der Waals surface area (Å²) in [4.78, 5) is 23.9. The Morgan fingerprint density at radius 3 is 2.32 bits per heavy atom. The van der Waals surface area contributed by atoms with Crippen LogP contribution in [0.25, 0.3) is 0 Å². The predicted molar refractivity (Wildman–Crippen MR) is 105 cm³/mol. The Labute approximate surface area is 165 Å². The molecule has 1 aromatic heterocycles. The van der Waals surface area contributed by atoms with Gasteiger partial charge in [-0.2, -0.15) is 0 Å². The van der Waals surface area contributed by atoms with Crippen molar-refractivity contribution < 1.29 is 24.2 Å². The molecule has 28 heavy (non-hydrogen) atoms. The number of aromatic hydroxyl groups is 1. The summed E-state index contributed by atoms with van der Waals surface area (Å²) in [7, 11) is 0. The fourth-order valence-electron chi connectivity index (χ4n) is 2.53. The van der Waals surface area contributed by atoms with Gasteiger partial charge in [-0.3, -0.25) is 0 Å². The highest BCUT2D eigenvalue weighted by Crippen LogP contribution is 2.30. The van der Waals surface area contributed by atoms with Crippen molar-refractivity contribution in [2.24, 2.45) is 0 Å². The third kappa shape index (κ3) is 4.95. The normalized spacial score (nSPS) is 11.7. The van der Waals surface area contributed by atoms with E-state index in [4.69, 9.17) is 9.15 Å². The zero-order valence-electron chi connectivity index (χ0n) is 14.8. The number of carboxylic acids is 1. The molecule has 2 N–H and O–H groups in total. The quantitative estimate of drug-likeness (QED) is 0.556. The van der Waals surface area contributed by atoms with Crippen molar-refractivity contribution in [2.75, 3.05) is 5.75 Å². The molecule has 7 heteroatoms. The van der Waals surface area contributed by atoms with Crippen molar-refractivity contribution in [3.05, 3.63) is 88.5 Å². The topological polar surface area (TPSA) is 97.0 Å². The largest absolute Gasteiger partial charge is 0.506 e. The molecule has 0 aliphatic rings. The van der Waals surface area contributed by atoms with Crippen molar-refractivity contribution in [1.29, 1.82) is 0 Å². The zero-order chi connectivity index (χ0) is 19.9. The molecule has 1 unspecified atom stereocenters. The van der Waals surface area contributed by atoms with Crippen LogP contribution in [0.3, 0.4) is 0 Å². The number of aryl methyl sites for hydroxylation is 1. The third-order valence-electron chi connectivity index (χ3n) is 3.87. The summed E-state index contributed by atoms with van der Waals surface area (Å²) in [5.41, 5.74) is 0.314. The maximum absolute atomic E-state index is 12.3. The van der Waals surface area contributed by atoms with Crippen molar-refractivity contribution in [3.8, 4) is 11.5 Å². The molecule has 0 aliphatic carbocycles. The summed E-state index contributed by atoms with van der Waals surface area (Å²) >= 11 is 1.16. The Bertz CT molecular complexity index is 985. The molecule has 1 atom stereocenters. The lowest BCUT2D eigenvalue weighted by Crippen LogP contribution is -2.20. The van der Waals surface area contributed by atoms with Crippen molar-refractivity contribution in [3.63, 3.8) is 0 Å². The third-order valence-corrected chi connectivity index (χ3v) is 4.94. The van der Waals surface area contributed by atoms with Gasteiger partial charge in [-0.05, 0) is 24.1 Å². The molecule has 0 fully saturated rings. The van der Waals surface area contributed by atoms with Crippen LogP contribution in [0.4, 0.5) is 0 Å². The second-order valence-electron chi connectivity index (χ2n) is 5.88. The van der Waals surface area contributed by atoms with Gasteiger partial charge in [-0.25, -0.2) is 9.59 Å². The second-order valence-corrected chi connectivity index (χ2v) is 6.99. The molecule has 0 amide bonds. The van der Waals surface area contributed by atoms with Crippen LogP contribution in [-0.2, 0) is 11.2 Å². The molecule has 144 valence electrons. The Kier molecular flexibility index (Phi) is 6.39. The van der Waals surface area contributed by atoms with E-state index in [2.05, 4.69) is 0 Å². The van der Waals surface area contributed by atoms with E-state index in [1.807, 2.05) is 30.3 Å². The van der Waals surface area contributed by atoms with Crippen LogP contribution >= 0.6 is 11.8 Å². The molecule has 3 aromatic rings. The summed E-state index contributed by atoms with van der Waals surface area (Å²) in [5, 5.41) is 19.7. The first-order chi connectivity index (χ1) is 13.5. The van der Waals surface area contributed by atoms with E-state index in [1.165, 1.54) is 0 Å². The van der Waals surface area contributed by atoms with Gasteiger partial charge in [0.2, 0.25) is 0 Å². The maximum Gasteiger partial charge on any atom is 0.353 e. The van der Waals surface area contributed by atoms with Crippen molar-refractivity contribution >= 4 is 17.7 Å². The van der Waals surface area contributed by atoms with E-state index < -0.39 is 17.7 Å². The van der Waals surface area contributed by atoms with Crippen LogP contribution in [0, 0.1) is 0 Å². The van der Waals surface area contributed by atoms with Crippen molar-refractivity contribution in [1.82, 2.24) is 0 Å². The van der Waals surface area contributed by atoms with Crippen molar-refractivity contribution in [2.45, 2.75) is 17.4 Å². The lowest BCUT2D eigenvalue weighted by atomic mass is 10.2. The molecule has 0 saturated carbocycles.